The molecule has 1 aliphatic heterocycles. The Labute approximate surface area is 159 Å². The Kier molecular flexibility index (Phi) is 6.28. The number of carbonyl (C=O) groups excluding carboxylic acids is 1. The number of likely N-dealkylation sites (tertiary alicyclic amines) is 1. The van der Waals surface area contributed by atoms with Gasteiger partial charge in [-0.15, -0.1) is 0 Å². The van der Waals surface area contributed by atoms with Crippen LogP contribution in [-0.4, -0.2) is 29.7 Å². The van der Waals surface area contributed by atoms with Crippen LogP contribution in [0, 0.1) is 0 Å². The van der Waals surface area contributed by atoms with Crippen molar-refractivity contribution < 1.29 is 22.7 Å². The van der Waals surface area contributed by atoms with Crippen LogP contribution in [0.1, 0.15) is 58.1 Å². The van der Waals surface area contributed by atoms with Gasteiger partial charge < -0.3 is 9.64 Å². The maximum Gasteiger partial charge on any atom is 0.416 e. The van der Waals surface area contributed by atoms with Crippen LogP contribution in [-0.2, 0) is 16.3 Å². The molecule has 6 heteroatoms. The molecule has 0 aromatic heterocycles. The Morgan fingerprint density at radius 2 is 1.85 bits per heavy atom. The van der Waals surface area contributed by atoms with Gasteiger partial charge in [-0.2, -0.15) is 13.2 Å². The molecule has 0 radical (unpaired) electrons. The predicted molar refractivity (Wildman–Crippen MR) is 99.6 cm³/mol. The van der Waals surface area contributed by atoms with Gasteiger partial charge in [0.1, 0.15) is 5.60 Å². The van der Waals surface area contributed by atoms with E-state index in [0.29, 0.717) is 31.5 Å². The van der Waals surface area contributed by atoms with Crippen molar-refractivity contribution in [3.63, 3.8) is 0 Å². The summed E-state index contributed by atoms with van der Waals surface area (Å²) in [5.74, 6) is 0. The van der Waals surface area contributed by atoms with Crippen LogP contribution in [0.4, 0.5) is 18.0 Å². The summed E-state index contributed by atoms with van der Waals surface area (Å²) < 4.78 is 44.9. The van der Waals surface area contributed by atoms with Crippen molar-refractivity contribution in [3.8, 4) is 0 Å². The number of piperidine rings is 1. The SMILES string of the molecule is CC/C=C/C1(c2cccc(C(F)(F)F)c2)CCN(C(=O)OC(C)(C)C)CC1. The first kappa shape index (κ1) is 21.3. The number of halogens is 3. The van der Waals surface area contributed by atoms with Crippen molar-refractivity contribution in [1.82, 2.24) is 4.90 Å². The fourth-order valence-corrected chi connectivity index (χ4v) is 3.32. The lowest BCUT2D eigenvalue weighted by atomic mass is 9.72. The van der Waals surface area contributed by atoms with Gasteiger partial charge in [-0.25, -0.2) is 4.79 Å². The van der Waals surface area contributed by atoms with Crippen molar-refractivity contribution in [2.24, 2.45) is 0 Å². The van der Waals surface area contributed by atoms with Gasteiger partial charge in [0.25, 0.3) is 0 Å². The minimum absolute atomic E-state index is 0.375. The maximum absolute atomic E-state index is 13.1. The van der Waals surface area contributed by atoms with E-state index in [-0.39, 0.29) is 6.09 Å². The minimum atomic E-state index is -4.37. The van der Waals surface area contributed by atoms with E-state index in [0.717, 1.165) is 12.5 Å². The van der Waals surface area contributed by atoms with Gasteiger partial charge in [0.05, 0.1) is 5.56 Å². The zero-order valence-corrected chi connectivity index (χ0v) is 16.4. The van der Waals surface area contributed by atoms with E-state index in [1.54, 1.807) is 11.0 Å². The molecule has 1 aliphatic rings. The number of hydrogen-bond acceptors (Lipinski definition) is 2. The van der Waals surface area contributed by atoms with Crippen molar-refractivity contribution in [2.75, 3.05) is 13.1 Å². The van der Waals surface area contributed by atoms with E-state index in [4.69, 9.17) is 4.74 Å². The summed E-state index contributed by atoms with van der Waals surface area (Å²) in [7, 11) is 0. The number of carbonyl (C=O) groups is 1. The Hall–Kier alpha value is -1.98. The lowest BCUT2D eigenvalue weighted by Crippen LogP contribution is -2.46. The van der Waals surface area contributed by atoms with E-state index in [1.165, 1.54) is 12.1 Å². The van der Waals surface area contributed by atoms with E-state index in [1.807, 2.05) is 39.8 Å². The molecular weight excluding hydrogens is 355 g/mol. The van der Waals surface area contributed by atoms with Crippen LogP contribution in [0.15, 0.2) is 36.4 Å². The molecule has 27 heavy (non-hydrogen) atoms. The molecule has 2 rings (SSSR count). The molecule has 0 N–H and O–H groups in total. The number of nitrogens with zero attached hydrogens (tertiary/aromatic N) is 1. The summed E-state index contributed by atoms with van der Waals surface area (Å²) in [6.07, 6.45) is 1.17. The molecule has 1 aromatic carbocycles. The molecule has 1 amide bonds. The first-order valence-electron chi connectivity index (χ1n) is 9.30. The highest BCUT2D eigenvalue weighted by Gasteiger charge is 2.38. The average Bonchev–Trinajstić information content (AvgIpc) is 2.58. The zero-order chi connectivity index (χ0) is 20.3. The molecule has 0 atom stereocenters. The second-order valence-electron chi connectivity index (χ2n) is 8.01. The summed E-state index contributed by atoms with van der Waals surface area (Å²) in [5.41, 5.74) is -1.07. The highest BCUT2D eigenvalue weighted by Crippen LogP contribution is 2.40. The Balaban J connectivity index is 2.25. The molecule has 1 heterocycles. The molecule has 0 bridgehead atoms. The van der Waals surface area contributed by atoms with Crippen molar-refractivity contribution in [1.29, 1.82) is 0 Å². The largest absolute Gasteiger partial charge is 0.444 e. The second kappa shape index (κ2) is 7.95. The molecule has 3 nitrogen and oxygen atoms in total. The third-order valence-electron chi connectivity index (χ3n) is 4.74. The molecule has 1 saturated heterocycles. The monoisotopic (exact) mass is 383 g/mol. The lowest BCUT2D eigenvalue weighted by Gasteiger charge is -2.41. The average molecular weight is 383 g/mol. The lowest BCUT2D eigenvalue weighted by molar-refractivity contribution is -0.137. The van der Waals surface area contributed by atoms with Gasteiger partial charge in [0, 0.05) is 18.5 Å². The number of rotatable bonds is 3. The van der Waals surface area contributed by atoms with Crippen LogP contribution in [0.5, 0.6) is 0 Å². The smallest absolute Gasteiger partial charge is 0.416 e. The predicted octanol–water partition coefficient (Wildman–Crippen LogP) is 5.94. The molecule has 0 saturated carbocycles. The van der Waals surface area contributed by atoms with Gasteiger partial charge in [-0.1, -0.05) is 37.3 Å². The number of alkyl halides is 3. The third-order valence-corrected chi connectivity index (χ3v) is 4.74. The van der Waals surface area contributed by atoms with Crippen LogP contribution < -0.4 is 0 Å². The second-order valence-corrected chi connectivity index (χ2v) is 8.01. The number of amides is 1. The van der Waals surface area contributed by atoms with Crippen LogP contribution in [0.3, 0.4) is 0 Å². The molecule has 0 aliphatic carbocycles. The normalized spacial score (nSPS) is 18.0. The maximum atomic E-state index is 13.1. The highest BCUT2D eigenvalue weighted by atomic mass is 19.4. The summed E-state index contributed by atoms with van der Waals surface area (Å²) in [4.78, 5) is 13.9. The fourth-order valence-electron chi connectivity index (χ4n) is 3.32. The summed E-state index contributed by atoms with van der Waals surface area (Å²) in [6, 6.07) is 5.54. The quantitative estimate of drug-likeness (QED) is 0.605. The molecule has 150 valence electrons. The Morgan fingerprint density at radius 3 is 2.37 bits per heavy atom. The van der Waals surface area contributed by atoms with Crippen LogP contribution in [0.2, 0.25) is 0 Å². The molecule has 1 aromatic rings. The van der Waals surface area contributed by atoms with Gasteiger partial charge in [-0.3, -0.25) is 0 Å². The molecule has 0 spiro atoms. The first-order chi connectivity index (χ1) is 12.5. The first-order valence-corrected chi connectivity index (χ1v) is 9.30. The zero-order valence-electron chi connectivity index (χ0n) is 16.4. The van der Waals surface area contributed by atoms with Crippen LogP contribution >= 0.6 is 0 Å². The third kappa shape index (κ3) is 5.50. The van der Waals surface area contributed by atoms with Crippen molar-refractivity contribution >= 4 is 6.09 Å². The number of ether oxygens (including phenoxy) is 1. The van der Waals surface area contributed by atoms with Gasteiger partial charge >= 0.3 is 12.3 Å². The van der Waals surface area contributed by atoms with E-state index in [9.17, 15) is 18.0 Å². The Bertz CT molecular complexity index is 681. The highest BCUT2D eigenvalue weighted by molar-refractivity contribution is 5.68. The standard InChI is InChI=1S/C21H28F3NO2/c1-5-6-10-20(16-8-7-9-17(15-16)21(22,23)24)11-13-25(14-12-20)18(26)27-19(2,3)4/h6-10,15H,5,11-14H2,1-4H3/b10-6+. The minimum Gasteiger partial charge on any atom is -0.444 e. The van der Waals surface area contributed by atoms with Gasteiger partial charge in [-0.05, 0) is 51.7 Å². The number of benzene rings is 1. The molecular formula is C21H28F3NO2. The van der Waals surface area contributed by atoms with Gasteiger partial charge in [0.15, 0.2) is 0 Å². The molecule has 0 unspecified atom stereocenters. The topological polar surface area (TPSA) is 29.5 Å². The van der Waals surface area contributed by atoms with Crippen molar-refractivity contribution in [2.45, 2.75) is 64.1 Å². The van der Waals surface area contributed by atoms with E-state index >= 15 is 0 Å². The van der Waals surface area contributed by atoms with Crippen molar-refractivity contribution in [3.05, 3.63) is 47.5 Å². The van der Waals surface area contributed by atoms with Crippen LogP contribution in [0.25, 0.3) is 0 Å². The fraction of sp³-hybridized carbons (Fsp3) is 0.571. The number of allylic oxidation sites excluding steroid dienone is 2. The van der Waals surface area contributed by atoms with E-state index < -0.39 is 22.8 Å². The van der Waals surface area contributed by atoms with E-state index in [2.05, 4.69) is 0 Å². The Morgan fingerprint density at radius 1 is 1.22 bits per heavy atom. The summed E-state index contributed by atoms with van der Waals surface area (Å²) in [5, 5.41) is 0. The summed E-state index contributed by atoms with van der Waals surface area (Å²) in [6.45, 7) is 8.31. The summed E-state index contributed by atoms with van der Waals surface area (Å²) >= 11 is 0. The number of hydrogen-bond donors (Lipinski definition) is 0. The molecule has 1 fully saturated rings. The van der Waals surface area contributed by atoms with Gasteiger partial charge in [0.2, 0.25) is 0 Å².